The van der Waals surface area contributed by atoms with Crippen molar-refractivity contribution in [2.24, 2.45) is 0 Å². The fourth-order valence-electron chi connectivity index (χ4n) is 3.60. The van der Waals surface area contributed by atoms with Gasteiger partial charge in [-0.05, 0) is 26.3 Å². The zero-order chi connectivity index (χ0) is 13.2. The van der Waals surface area contributed by atoms with E-state index in [2.05, 4.69) is 22.0 Å². The van der Waals surface area contributed by atoms with Gasteiger partial charge < -0.3 is 15.0 Å². The summed E-state index contributed by atoms with van der Waals surface area (Å²) in [6.07, 6.45) is 3.13. The van der Waals surface area contributed by atoms with E-state index < -0.39 is 0 Å². The first kappa shape index (κ1) is 19.0. The maximum atomic E-state index is 12.5. The molecule has 3 atom stereocenters. The van der Waals surface area contributed by atoms with Gasteiger partial charge in [0, 0.05) is 38.3 Å². The SMILES string of the molecule is CC1CN2CCCC2CN1C(=O)CC1CNCCO1.Cl.Cl. The van der Waals surface area contributed by atoms with E-state index in [9.17, 15) is 4.79 Å². The number of morpholine rings is 1. The highest BCUT2D eigenvalue weighted by molar-refractivity contribution is 5.85. The van der Waals surface area contributed by atoms with Gasteiger partial charge in [-0.25, -0.2) is 0 Å². The van der Waals surface area contributed by atoms with Crippen molar-refractivity contribution in [1.29, 1.82) is 0 Å². The second-order valence-corrected chi connectivity index (χ2v) is 6.09. The number of carbonyl (C=O) groups excluding carboxylic acids is 1. The zero-order valence-electron chi connectivity index (χ0n) is 12.6. The number of nitrogens with zero attached hydrogens (tertiary/aromatic N) is 2. The van der Waals surface area contributed by atoms with Crippen LogP contribution in [0.3, 0.4) is 0 Å². The maximum absolute atomic E-state index is 12.5. The van der Waals surface area contributed by atoms with E-state index in [-0.39, 0.29) is 36.8 Å². The summed E-state index contributed by atoms with van der Waals surface area (Å²) in [7, 11) is 0. The van der Waals surface area contributed by atoms with Gasteiger partial charge in [0.15, 0.2) is 0 Å². The Morgan fingerprint density at radius 3 is 2.86 bits per heavy atom. The Balaban J connectivity index is 0.00000110. The number of carbonyl (C=O) groups is 1. The average Bonchev–Trinajstić information content (AvgIpc) is 2.86. The Bertz CT molecular complexity index is 340. The third-order valence-corrected chi connectivity index (χ3v) is 4.66. The molecule has 3 aliphatic rings. The minimum Gasteiger partial charge on any atom is -0.375 e. The van der Waals surface area contributed by atoms with Crippen LogP contribution in [0.5, 0.6) is 0 Å². The summed E-state index contributed by atoms with van der Waals surface area (Å²) in [6.45, 7) is 7.79. The molecule has 124 valence electrons. The molecule has 5 nitrogen and oxygen atoms in total. The number of rotatable bonds is 2. The summed E-state index contributed by atoms with van der Waals surface area (Å²) in [5.41, 5.74) is 0. The fraction of sp³-hybridized carbons (Fsp3) is 0.929. The molecule has 7 heteroatoms. The van der Waals surface area contributed by atoms with E-state index in [1.807, 2.05) is 0 Å². The van der Waals surface area contributed by atoms with Crippen LogP contribution in [-0.2, 0) is 9.53 Å². The second-order valence-electron chi connectivity index (χ2n) is 6.09. The smallest absolute Gasteiger partial charge is 0.225 e. The van der Waals surface area contributed by atoms with Crippen molar-refractivity contribution >= 4 is 30.7 Å². The lowest BCUT2D eigenvalue weighted by Gasteiger charge is -2.42. The molecule has 1 amide bonds. The van der Waals surface area contributed by atoms with Crippen molar-refractivity contribution < 1.29 is 9.53 Å². The summed E-state index contributed by atoms with van der Waals surface area (Å²) in [4.78, 5) is 17.1. The van der Waals surface area contributed by atoms with Crippen molar-refractivity contribution in [1.82, 2.24) is 15.1 Å². The number of amides is 1. The van der Waals surface area contributed by atoms with E-state index in [1.54, 1.807) is 0 Å². The molecule has 3 heterocycles. The molecule has 0 aromatic rings. The standard InChI is InChI=1S/C14H25N3O2.2ClH/c1-11-9-16-5-2-3-12(16)10-17(11)14(18)7-13-8-15-4-6-19-13;;/h11-13,15H,2-10H2,1H3;2*1H. The molecule has 3 saturated heterocycles. The van der Waals surface area contributed by atoms with Gasteiger partial charge in [-0.1, -0.05) is 0 Å². The first-order chi connectivity index (χ1) is 9.24. The quantitative estimate of drug-likeness (QED) is 0.812. The molecule has 1 N–H and O–H groups in total. The van der Waals surface area contributed by atoms with Crippen LogP contribution in [0, 0.1) is 0 Å². The van der Waals surface area contributed by atoms with Crippen LogP contribution in [0.15, 0.2) is 0 Å². The molecule has 0 radical (unpaired) electrons. The molecule has 0 spiro atoms. The Morgan fingerprint density at radius 1 is 1.33 bits per heavy atom. The number of ether oxygens (including phenoxy) is 1. The lowest BCUT2D eigenvalue weighted by Crippen LogP contribution is -2.57. The zero-order valence-corrected chi connectivity index (χ0v) is 14.3. The van der Waals surface area contributed by atoms with Crippen LogP contribution in [0.1, 0.15) is 26.2 Å². The Hall–Kier alpha value is -0.0700. The normalized spacial score (nSPS) is 32.8. The third kappa shape index (κ3) is 4.45. The molecule has 3 fully saturated rings. The highest BCUT2D eigenvalue weighted by Crippen LogP contribution is 2.25. The van der Waals surface area contributed by atoms with E-state index in [4.69, 9.17) is 4.74 Å². The van der Waals surface area contributed by atoms with Gasteiger partial charge in [0.1, 0.15) is 0 Å². The molecule has 0 aliphatic carbocycles. The van der Waals surface area contributed by atoms with Crippen molar-refractivity contribution in [3.8, 4) is 0 Å². The molecule has 21 heavy (non-hydrogen) atoms. The fourth-order valence-corrected chi connectivity index (χ4v) is 3.60. The van der Waals surface area contributed by atoms with Crippen molar-refractivity contribution in [3.63, 3.8) is 0 Å². The van der Waals surface area contributed by atoms with Gasteiger partial charge in [-0.3, -0.25) is 9.69 Å². The molecule has 3 aliphatic heterocycles. The van der Waals surface area contributed by atoms with Crippen LogP contribution in [0.25, 0.3) is 0 Å². The second kappa shape index (κ2) is 8.53. The Labute approximate surface area is 139 Å². The summed E-state index contributed by atoms with van der Waals surface area (Å²) in [5, 5.41) is 3.29. The predicted octanol–water partition coefficient (Wildman–Crippen LogP) is 0.904. The minimum atomic E-state index is 0. The van der Waals surface area contributed by atoms with Gasteiger partial charge in [-0.2, -0.15) is 0 Å². The molecule has 0 saturated carbocycles. The minimum absolute atomic E-state index is 0. The first-order valence-corrected chi connectivity index (χ1v) is 7.60. The lowest BCUT2D eigenvalue weighted by atomic mass is 10.1. The van der Waals surface area contributed by atoms with E-state index in [0.29, 0.717) is 18.5 Å². The first-order valence-electron chi connectivity index (χ1n) is 7.60. The summed E-state index contributed by atoms with van der Waals surface area (Å²) in [6, 6.07) is 0.948. The van der Waals surface area contributed by atoms with Gasteiger partial charge in [0.25, 0.3) is 0 Å². The number of hydrogen-bond donors (Lipinski definition) is 1. The molecule has 0 aromatic heterocycles. The van der Waals surface area contributed by atoms with E-state index >= 15 is 0 Å². The predicted molar refractivity (Wildman–Crippen MR) is 87.5 cm³/mol. The van der Waals surface area contributed by atoms with Crippen molar-refractivity contribution in [2.75, 3.05) is 39.3 Å². The molecular weight excluding hydrogens is 313 g/mol. The van der Waals surface area contributed by atoms with Crippen LogP contribution in [-0.4, -0.2) is 73.2 Å². The number of halogens is 2. The van der Waals surface area contributed by atoms with E-state index in [0.717, 1.165) is 32.8 Å². The molecular formula is C14H27Cl2N3O2. The third-order valence-electron chi connectivity index (χ3n) is 4.66. The van der Waals surface area contributed by atoms with Crippen molar-refractivity contribution in [2.45, 2.75) is 44.4 Å². The molecule has 0 aromatic carbocycles. The number of nitrogens with one attached hydrogen (secondary N) is 1. The summed E-state index contributed by atoms with van der Waals surface area (Å²) in [5.74, 6) is 0.271. The van der Waals surface area contributed by atoms with Crippen molar-refractivity contribution in [3.05, 3.63) is 0 Å². The highest BCUT2D eigenvalue weighted by atomic mass is 35.5. The number of fused-ring (bicyclic) bond motifs is 1. The van der Waals surface area contributed by atoms with Crippen LogP contribution < -0.4 is 5.32 Å². The Morgan fingerprint density at radius 2 is 2.14 bits per heavy atom. The van der Waals surface area contributed by atoms with Gasteiger partial charge >= 0.3 is 0 Å². The van der Waals surface area contributed by atoms with Gasteiger partial charge in [-0.15, -0.1) is 24.8 Å². The molecule has 3 rings (SSSR count). The van der Waals surface area contributed by atoms with E-state index in [1.165, 1.54) is 19.4 Å². The summed E-state index contributed by atoms with van der Waals surface area (Å²) >= 11 is 0. The maximum Gasteiger partial charge on any atom is 0.225 e. The summed E-state index contributed by atoms with van der Waals surface area (Å²) < 4.78 is 5.64. The Kier molecular flexibility index (Phi) is 7.71. The molecule has 0 bridgehead atoms. The number of hydrogen-bond acceptors (Lipinski definition) is 4. The van der Waals surface area contributed by atoms with Crippen LogP contribution in [0.2, 0.25) is 0 Å². The van der Waals surface area contributed by atoms with Crippen LogP contribution in [0.4, 0.5) is 0 Å². The average molecular weight is 340 g/mol. The topological polar surface area (TPSA) is 44.8 Å². The van der Waals surface area contributed by atoms with Gasteiger partial charge in [0.05, 0.1) is 19.1 Å². The largest absolute Gasteiger partial charge is 0.375 e. The monoisotopic (exact) mass is 339 g/mol. The number of piperazine rings is 1. The lowest BCUT2D eigenvalue weighted by molar-refractivity contribution is -0.140. The van der Waals surface area contributed by atoms with Crippen LogP contribution >= 0.6 is 24.8 Å². The molecule has 3 unspecified atom stereocenters. The highest BCUT2D eigenvalue weighted by Gasteiger charge is 2.36. The van der Waals surface area contributed by atoms with Gasteiger partial charge in [0.2, 0.25) is 5.91 Å².